The Balaban J connectivity index is 2.13. The number of rotatable bonds is 4. The van der Waals surface area contributed by atoms with Crippen LogP contribution in [0.1, 0.15) is 13.8 Å². The van der Waals surface area contributed by atoms with Crippen molar-refractivity contribution in [1.29, 1.82) is 0 Å². The molecule has 3 heteroatoms. The highest BCUT2D eigenvalue weighted by Crippen LogP contribution is 2.03. The Morgan fingerprint density at radius 3 is 2.55 bits per heavy atom. The maximum Gasteiger partial charge on any atom is 0.0471 e. The van der Waals surface area contributed by atoms with Crippen LogP contribution in [0.25, 0.3) is 0 Å². The molecule has 0 amide bonds. The van der Waals surface area contributed by atoms with E-state index in [1.54, 1.807) is 0 Å². The van der Waals surface area contributed by atoms with Gasteiger partial charge in [0.2, 0.25) is 0 Å². The van der Waals surface area contributed by atoms with Crippen LogP contribution >= 0.6 is 0 Å². The van der Waals surface area contributed by atoms with Gasteiger partial charge in [-0.2, -0.15) is 0 Å². The molecule has 1 fully saturated rings. The molecule has 2 unspecified atom stereocenters. The van der Waals surface area contributed by atoms with E-state index in [0.717, 1.165) is 13.1 Å². The van der Waals surface area contributed by atoms with Crippen molar-refractivity contribution in [2.45, 2.75) is 25.9 Å². The maximum absolute atomic E-state index is 8.85. The summed E-state index contributed by atoms with van der Waals surface area (Å²) in [5.41, 5.74) is 0. The van der Waals surface area contributed by atoms with Crippen LogP contribution in [0.4, 0.5) is 0 Å². The van der Waals surface area contributed by atoms with Gasteiger partial charge in [0, 0.05) is 31.8 Å². The summed E-state index contributed by atoms with van der Waals surface area (Å²) in [6, 6.07) is 1.05. The Hall–Kier alpha value is -0.120. The molecule has 0 aromatic rings. The van der Waals surface area contributed by atoms with Crippen molar-refractivity contribution < 1.29 is 5.11 Å². The van der Waals surface area contributed by atoms with Crippen molar-refractivity contribution in [2.24, 2.45) is 5.92 Å². The van der Waals surface area contributed by atoms with Crippen LogP contribution in [-0.4, -0.2) is 36.9 Å². The molecule has 1 heterocycles. The second-order valence-electron chi connectivity index (χ2n) is 3.47. The SMILES string of the molecule is CC(CO)C(C)NC1CNC1. The van der Waals surface area contributed by atoms with E-state index in [2.05, 4.69) is 24.5 Å². The lowest BCUT2D eigenvalue weighted by Crippen LogP contribution is -2.58. The third-order valence-corrected chi connectivity index (χ3v) is 2.42. The van der Waals surface area contributed by atoms with Crippen molar-refractivity contribution in [1.82, 2.24) is 10.6 Å². The standard InChI is InChI=1S/C8H18N2O/c1-6(5-11)7(2)10-8-3-9-4-8/h6-11H,3-5H2,1-2H3. The molecule has 0 aromatic heterocycles. The van der Waals surface area contributed by atoms with Gasteiger partial charge in [-0.15, -0.1) is 0 Å². The molecule has 0 aliphatic carbocycles. The first-order valence-corrected chi connectivity index (χ1v) is 4.31. The molecule has 11 heavy (non-hydrogen) atoms. The highest BCUT2D eigenvalue weighted by Gasteiger charge is 2.20. The molecular formula is C8H18N2O. The van der Waals surface area contributed by atoms with Gasteiger partial charge < -0.3 is 15.7 Å². The summed E-state index contributed by atoms with van der Waals surface area (Å²) in [5, 5.41) is 15.5. The fourth-order valence-electron chi connectivity index (χ4n) is 1.10. The van der Waals surface area contributed by atoms with Gasteiger partial charge >= 0.3 is 0 Å². The molecule has 66 valence electrons. The van der Waals surface area contributed by atoms with Crippen molar-refractivity contribution in [3.63, 3.8) is 0 Å². The van der Waals surface area contributed by atoms with Crippen LogP contribution in [-0.2, 0) is 0 Å². The molecule has 0 bridgehead atoms. The molecule has 1 rings (SSSR count). The van der Waals surface area contributed by atoms with Crippen molar-refractivity contribution in [3.8, 4) is 0 Å². The van der Waals surface area contributed by atoms with Crippen LogP contribution in [0.5, 0.6) is 0 Å². The van der Waals surface area contributed by atoms with E-state index < -0.39 is 0 Å². The third-order valence-electron chi connectivity index (χ3n) is 2.42. The van der Waals surface area contributed by atoms with Gasteiger partial charge in [0.15, 0.2) is 0 Å². The number of nitrogens with one attached hydrogen (secondary N) is 2. The lowest BCUT2D eigenvalue weighted by Gasteiger charge is -2.33. The van der Waals surface area contributed by atoms with Crippen molar-refractivity contribution in [3.05, 3.63) is 0 Å². The molecule has 2 atom stereocenters. The van der Waals surface area contributed by atoms with E-state index in [4.69, 9.17) is 5.11 Å². The Kier molecular flexibility index (Phi) is 3.30. The zero-order valence-corrected chi connectivity index (χ0v) is 7.30. The van der Waals surface area contributed by atoms with Crippen LogP contribution in [0.3, 0.4) is 0 Å². The zero-order valence-electron chi connectivity index (χ0n) is 7.30. The minimum Gasteiger partial charge on any atom is -0.396 e. The summed E-state index contributed by atoms with van der Waals surface area (Å²) in [6.07, 6.45) is 0. The quantitative estimate of drug-likeness (QED) is 0.520. The molecule has 1 aliphatic heterocycles. The van der Waals surface area contributed by atoms with Gasteiger partial charge in [-0.25, -0.2) is 0 Å². The Morgan fingerprint density at radius 1 is 1.55 bits per heavy atom. The summed E-state index contributed by atoms with van der Waals surface area (Å²) in [7, 11) is 0. The summed E-state index contributed by atoms with van der Waals surface area (Å²) in [4.78, 5) is 0. The highest BCUT2D eigenvalue weighted by atomic mass is 16.3. The van der Waals surface area contributed by atoms with Crippen LogP contribution in [0.2, 0.25) is 0 Å². The van der Waals surface area contributed by atoms with Gasteiger partial charge in [0.25, 0.3) is 0 Å². The predicted molar refractivity (Wildman–Crippen MR) is 45.5 cm³/mol. The Morgan fingerprint density at radius 2 is 2.18 bits per heavy atom. The highest BCUT2D eigenvalue weighted by molar-refractivity contribution is 4.84. The molecule has 3 nitrogen and oxygen atoms in total. The molecule has 0 spiro atoms. The average Bonchev–Trinajstić information content (AvgIpc) is 1.94. The fourth-order valence-corrected chi connectivity index (χ4v) is 1.10. The number of aliphatic hydroxyl groups excluding tert-OH is 1. The van der Waals surface area contributed by atoms with E-state index in [9.17, 15) is 0 Å². The first-order chi connectivity index (χ1) is 5.24. The largest absolute Gasteiger partial charge is 0.396 e. The fraction of sp³-hybridized carbons (Fsp3) is 1.00. The molecule has 0 radical (unpaired) electrons. The summed E-state index contributed by atoms with van der Waals surface area (Å²) >= 11 is 0. The summed E-state index contributed by atoms with van der Waals surface area (Å²) < 4.78 is 0. The number of aliphatic hydroxyl groups is 1. The first-order valence-electron chi connectivity index (χ1n) is 4.31. The molecule has 0 saturated carbocycles. The van der Waals surface area contributed by atoms with E-state index in [1.807, 2.05) is 0 Å². The number of hydrogen-bond donors (Lipinski definition) is 3. The van der Waals surface area contributed by atoms with Crippen LogP contribution in [0.15, 0.2) is 0 Å². The average molecular weight is 158 g/mol. The smallest absolute Gasteiger partial charge is 0.0471 e. The lowest BCUT2D eigenvalue weighted by molar-refractivity contribution is 0.192. The predicted octanol–water partition coefficient (Wildman–Crippen LogP) is -0.435. The van der Waals surface area contributed by atoms with Gasteiger partial charge in [0.05, 0.1) is 0 Å². The van der Waals surface area contributed by atoms with E-state index >= 15 is 0 Å². The molecular weight excluding hydrogens is 140 g/mol. The second kappa shape index (κ2) is 4.04. The van der Waals surface area contributed by atoms with Crippen LogP contribution < -0.4 is 10.6 Å². The molecule has 1 saturated heterocycles. The minimum atomic E-state index is 0.272. The van der Waals surface area contributed by atoms with E-state index in [1.165, 1.54) is 0 Å². The zero-order chi connectivity index (χ0) is 8.27. The minimum absolute atomic E-state index is 0.272. The topological polar surface area (TPSA) is 44.3 Å². The van der Waals surface area contributed by atoms with E-state index in [0.29, 0.717) is 18.0 Å². The first kappa shape index (κ1) is 8.97. The molecule has 3 N–H and O–H groups in total. The second-order valence-corrected chi connectivity index (χ2v) is 3.47. The Bertz CT molecular complexity index is 115. The normalized spacial score (nSPS) is 24.3. The summed E-state index contributed by atoms with van der Waals surface area (Å²) in [6.45, 7) is 6.60. The lowest BCUT2D eigenvalue weighted by atomic mass is 10.0. The summed E-state index contributed by atoms with van der Waals surface area (Å²) in [5.74, 6) is 0.357. The van der Waals surface area contributed by atoms with Crippen molar-refractivity contribution >= 4 is 0 Å². The number of hydrogen-bond acceptors (Lipinski definition) is 3. The van der Waals surface area contributed by atoms with Gasteiger partial charge in [-0.1, -0.05) is 6.92 Å². The van der Waals surface area contributed by atoms with Gasteiger partial charge in [-0.05, 0) is 12.8 Å². The third kappa shape index (κ3) is 2.43. The molecule has 1 aliphatic rings. The Labute approximate surface area is 68.2 Å². The monoisotopic (exact) mass is 158 g/mol. The van der Waals surface area contributed by atoms with E-state index in [-0.39, 0.29) is 6.61 Å². The van der Waals surface area contributed by atoms with Crippen LogP contribution in [0, 0.1) is 5.92 Å². The maximum atomic E-state index is 8.85. The van der Waals surface area contributed by atoms with Gasteiger partial charge in [0.1, 0.15) is 0 Å². The van der Waals surface area contributed by atoms with Gasteiger partial charge in [-0.3, -0.25) is 0 Å². The molecule has 0 aromatic carbocycles. The van der Waals surface area contributed by atoms with Crippen molar-refractivity contribution in [2.75, 3.05) is 19.7 Å².